The molecule has 1 aromatic rings. The van der Waals surface area contributed by atoms with Gasteiger partial charge in [0.2, 0.25) is 5.88 Å². The molecule has 0 aliphatic heterocycles. The molecule has 0 fully saturated rings. The number of hydrogen-bond donors (Lipinski definition) is 0. The topological polar surface area (TPSA) is 35.0 Å². The first kappa shape index (κ1) is 14.2. The average Bonchev–Trinajstić information content (AvgIpc) is 2.22. The van der Waals surface area contributed by atoms with Gasteiger partial charge in [-0.05, 0) is 6.42 Å². The molecule has 0 bridgehead atoms. The van der Waals surface area contributed by atoms with Crippen LogP contribution >= 0.6 is 11.6 Å². The Hall–Kier alpha value is -0.830. The van der Waals surface area contributed by atoms with E-state index in [0.29, 0.717) is 17.6 Å². The number of ether oxygens (including phenoxy) is 1. The molecule has 96 valence electrons. The Labute approximate surface area is 109 Å². The van der Waals surface area contributed by atoms with Crippen molar-refractivity contribution < 1.29 is 4.74 Å². The summed E-state index contributed by atoms with van der Waals surface area (Å²) in [5, 5.41) is 0.440. The third kappa shape index (κ3) is 4.90. The van der Waals surface area contributed by atoms with Crippen molar-refractivity contribution in [1.82, 2.24) is 9.97 Å². The van der Waals surface area contributed by atoms with E-state index < -0.39 is 0 Å². The van der Waals surface area contributed by atoms with Crippen LogP contribution in [0.1, 0.15) is 52.8 Å². The quantitative estimate of drug-likeness (QED) is 0.590. The molecule has 17 heavy (non-hydrogen) atoms. The van der Waals surface area contributed by atoms with Gasteiger partial charge in [-0.1, -0.05) is 52.1 Å². The van der Waals surface area contributed by atoms with Crippen molar-refractivity contribution in [3.8, 4) is 5.88 Å². The lowest BCUT2D eigenvalue weighted by molar-refractivity contribution is 0.291. The summed E-state index contributed by atoms with van der Waals surface area (Å²) in [5.74, 6) is 1.29. The van der Waals surface area contributed by atoms with Crippen LogP contribution in [0.5, 0.6) is 5.88 Å². The maximum absolute atomic E-state index is 5.97. The molecule has 4 heteroatoms. The summed E-state index contributed by atoms with van der Waals surface area (Å²) in [6, 6.07) is 1.67. The van der Waals surface area contributed by atoms with E-state index in [-0.39, 0.29) is 5.41 Å². The second kappa shape index (κ2) is 6.20. The number of hydrogen-bond acceptors (Lipinski definition) is 3. The van der Waals surface area contributed by atoms with E-state index in [0.717, 1.165) is 12.2 Å². The van der Waals surface area contributed by atoms with E-state index in [4.69, 9.17) is 16.3 Å². The molecule has 1 rings (SSSR count). The highest BCUT2D eigenvalue weighted by molar-refractivity contribution is 6.29. The lowest BCUT2D eigenvalue weighted by Crippen LogP contribution is -2.16. The highest BCUT2D eigenvalue weighted by Gasteiger charge is 2.19. The number of aromatic nitrogens is 2. The highest BCUT2D eigenvalue weighted by Crippen LogP contribution is 2.23. The van der Waals surface area contributed by atoms with E-state index in [1.807, 2.05) is 0 Å². The number of unbranched alkanes of at least 4 members (excludes halogenated alkanes) is 2. The molecule has 0 aliphatic rings. The van der Waals surface area contributed by atoms with Crippen LogP contribution in [-0.2, 0) is 5.41 Å². The van der Waals surface area contributed by atoms with Crippen LogP contribution in [0.15, 0.2) is 6.07 Å². The van der Waals surface area contributed by atoms with Crippen molar-refractivity contribution in [2.75, 3.05) is 6.61 Å². The third-order valence-corrected chi connectivity index (χ3v) is 2.53. The standard InChI is InChI=1S/C13H21ClN2O/c1-5-6-7-8-17-11-9-10(14)15-12(16-11)13(2,3)4/h9H,5-8H2,1-4H3. The van der Waals surface area contributed by atoms with Crippen LogP contribution in [0.2, 0.25) is 5.15 Å². The summed E-state index contributed by atoms with van der Waals surface area (Å²) in [6.45, 7) is 9.02. The first-order valence-corrected chi connectivity index (χ1v) is 6.49. The molecule has 1 aromatic heterocycles. The van der Waals surface area contributed by atoms with Crippen molar-refractivity contribution >= 4 is 11.6 Å². The predicted octanol–water partition coefficient (Wildman–Crippen LogP) is 4.00. The Kier molecular flexibility index (Phi) is 5.19. The molecule has 0 aromatic carbocycles. The first-order chi connectivity index (χ1) is 7.93. The number of nitrogens with zero attached hydrogens (tertiary/aromatic N) is 2. The molecule has 0 amide bonds. The van der Waals surface area contributed by atoms with Gasteiger partial charge in [-0.15, -0.1) is 0 Å². The predicted molar refractivity (Wildman–Crippen MR) is 70.8 cm³/mol. The number of rotatable bonds is 5. The molecule has 0 aliphatic carbocycles. The van der Waals surface area contributed by atoms with Gasteiger partial charge in [0.15, 0.2) is 0 Å². The van der Waals surface area contributed by atoms with E-state index in [1.165, 1.54) is 12.8 Å². The van der Waals surface area contributed by atoms with Crippen LogP contribution < -0.4 is 4.74 Å². The Balaban J connectivity index is 2.69. The Morgan fingerprint density at radius 3 is 2.53 bits per heavy atom. The summed E-state index contributed by atoms with van der Waals surface area (Å²) < 4.78 is 5.59. The average molecular weight is 257 g/mol. The van der Waals surface area contributed by atoms with Gasteiger partial charge in [-0.2, -0.15) is 4.98 Å². The molecule has 0 spiro atoms. The maximum atomic E-state index is 5.97. The van der Waals surface area contributed by atoms with Gasteiger partial charge in [0, 0.05) is 11.5 Å². The van der Waals surface area contributed by atoms with E-state index in [1.54, 1.807) is 6.07 Å². The zero-order valence-electron chi connectivity index (χ0n) is 11.1. The second-order valence-electron chi connectivity index (χ2n) is 5.16. The normalized spacial score (nSPS) is 11.6. The van der Waals surface area contributed by atoms with Crippen molar-refractivity contribution in [1.29, 1.82) is 0 Å². The van der Waals surface area contributed by atoms with Gasteiger partial charge in [-0.3, -0.25) is 0 Å². The largest absolute Gasteiger partial charge is 0.478 e. The van der Waals surface area contributed by atoms with Gasteiger partial charge in [0.25, 0.3) is 0 Å². The minimum absolute atomic E-state index is 0.119. The molecule has 1 heterocycles. The molecule has 0 atom stereocenters. The lowest BCUT2D eigenvalue weighted by Gasteiger charge is -2.17. The molecular formula is C13H21ClN2O. The summed E-state index contributed by atoms with van der Waals surface area (Å²) in [6.07, 6.45) is 3.40. The second-order valence-corrected chi connectivity index (χ2v) is 5.55. The summed E-state index contributed by atoms with van der Waals surface area (Å²) in [4.78, 5) is 8.61. The SMILES string of the molecule is CCCCCOc1cc(Cl)nc(C(C)(C)C)n1. The van der Waals surface area contributed by atoms with E-state index in [9.17, 15) is 0 Å². The van der Waals surface area contributed by atoms with Crippen LogP contribution in [-0.4, -0.2) is 16.6 Å². The molecule has 0 saturated heterocycles. The molecule has 3 nitrogen and oxygen atoms in total. The van der Waals surface area contributed by atoms with Crippen molar-refractivity contribution in [3.63, 3.8) is 0 Å². The summed E-state index contributed by atoms with van der Waals surface area (Å²) in [7, 11) is 0. The molecule has 0 unspecified atom stereocenters. The van der Waals surface area contributed by atoms with Gasteiger partial charge in [0.1, 0.15) is 11.0 Å². The zero-order chi connectivity index (χ0) is 12.9. The third-order valence-electron chi connectivity index (χ3n) is 2.34. The monoisotopic (exact) mass is 256 g/mol. The first-order valence-electron chi connectivity index (χ1n) is 6.11. The van der Waals surface area contributed by atoms with E-state index in [2.05, 4.69) is 37.7 Å². The van der Waals surface area contributed by atoms with Gasteiger partial charge < -0.3 is 4.74 Å². The molecular weight excluding hydrogens is 236 g/mol. The summed E-state index contributed by atoms with van der Waals surface area (Å²) in [5.41, 5.74) is -0.119. The van der Waals surface area contributed by atoms with Gasteiger partial charge in [0.05, 0.1) is 6.61 Å². The van der Waals surface area contributed by atoms with Gasteiger partial charge >= 0.3 is 0 Å². The fraction of sp³-hybridized carbons (Fsp3) is 0.692. The molecule has 0 N–H and O–H groups in total. The molecule has 0 saturated carbocycles. The lowest BCUT2D eigenvalue weighted by atomic mass is 9.96. The highest BCUT2D eigenvalue weighted by atomic mass is 35.5. The van der Waals surface area contributed by atoms with Crippen molar-refractivity contribution in [2.24, 2.45) is 0 Å². The van der Waals surface area contributed by atoms with Crippen molar-refractivity contribution in [2.45, 2.75) is 52.4 Å². The maximum Gasteiger partial charge on any atom is 0.218 e. The zero-order valence-corrected chi connectivity index (χ0v) is 11.8. The Bertz CT molecular complexity index is 361. The van der Waals surface area contributed by atoms with Gasteiger partial charge in [-0.25, -0.2) is 4.98 Å². The van der Waals surface area contributed by atoms with Crippen LogP contribution in [0.3, 0.4) is 0 Å². The number of halogens is 1. The van der Waals surface area contributed by atoms with Crippen LogP contribution in [0.25, 0.3) is 0 Å². The Morgan fingerprint density at radius 1 is 1.24 bits per heavy atom. The van der Waals surface area contributed by atoms with E-state index >= 15 is 0 Å². The fourth-order valence-corrected chi connectivity index (χ4v) is 1.51. The molecule has 0 radical (unpaired) electrons. The van der Waals surface area contributed by atoms with Crippen molar-refractivity contribution in [3.05, 3.63) is 17.0 Å². The summed E-state index contributed by atoms with van der Waals surface area (Å²) >= 11 is 5.97. The van der Waals surface area contributed by atoms with Crippen LogP contribution in [0, 0.1) is 0 Å². The van der Waals surface area contributed by atoms with Crippen LogP contribution in [0.4, 0.5) is 0 Å². The Morgan fingerprint density at radius 2 is 1.94 bits per heavy atom. The fourth-order valence-electron chi connectivity index (χ4n) is 1.34. The minimum atomic E-state index is -0.119. The minimum Gasteiger partial charge on any atom is -0.478 e. The smallest absolute Gasteiger partial charge is 0.218 e.